The quantitative estimate of drug-likeness (QED) is 0.225. The number of thioether (sulfide) groups is 1. The third kappa shape index (κ3) is 5.73. The lowest BCUT2D eigenvalue weighted by atomic mass is 10.2. The molecule has 0 saturated carbocycles. The zero-order valence-corrected chi connectivity index (χ0v) is 16.3. The minimum atomic E-state index is -0.118. The van der Waals surface area contributed by atoms with Gasteiger partial charge in [0.25, 0.3) is 5.95 Å². The van der Waals surface area contributed by atoms with E-state index >= 15 is 0 Å². The van der Waals surface area contributed by atoms with Crippen LogP contribution in [0.5, 0.6) is 0 Å². The maximum absolute atomic E-state index is 12.0. The number of anilines is 1. The molecule has 3 rings (SSSR count). The summed E-state index contributed by atoms with van der Waals surface area (Å²) in [6, 6.07) is 16.9. The molecule has 0 aliphatic heterocycles. The summed E-state index contributed by atoms with van der Waals surface area (Å²) in [4.78, 5) is 12.0. The van der Waals surface area contributed by atoms with Crippen LogP contribution in [0.4, 0.5) is 5.95 Å². The van der Waals surface area contributed by atoms with E-state index in [0.717, 1.165) is 11.1 Å². The summed E-state index contributed by atoms with van der Waals surface area (Å²) in [5.41, 5.74) is 4.62. The van der Waals surface area contributed by atoms with Crippen LogP contribution in [0, 0.1) is 0 Å². The maximum Gasteiger partial charge on any atom is 0.264 e. The zero-order valence-electron chi connectivity index (χ0n) is 14.7. The van der Waals surface area contributed by atoms with E-state index in [1.165, 1.54) is 16.4 Å². The van der Waals surface area contributed by atoms with Gasteiger partial charge in [0.2, 0.25) is 11.1 Å². The van der Waals surface area contributed by atoms with Gasteiger partial charge in [0.1, 0.15) is 0 Å². The van der Waals surface area contributed by atoms with Crippen LogP contribution in [0.25, 0.3) is 0 Å². The molecule has 2 aromatic carbocycles. The maximum atomic E-state index is 12.0. The number of amides is 1. The van der Waals surface area contributed by atoms with Crippen molar-refractivity contribution in [3.05, 3.63) is 70.7 Å². The fraction of sp³-hybridized carbons (Fsp3) is 0.111. The van der Waals surface area contributed by atoms with Crippen LogP contribution in [-0.2, 0) is 11.3 Å². The van der Waals surface area contributed by atoms with Crippen molar-refractivity contribution in [2.24, 2.45) is 5.10 Å². The first-order chi connectivity index (χ1) is 13.6. The van der Waals surface area contributed by atoms with Gasteiger partial charge in [-0.15, -0.1) is 10.2 Å². The molecule has 0 spiro atoms. The number of nitrogens with one attached hydrogen (secondary N) is 2. The normalized spacial score (nSPS) is 10.9. The molecule has 1 aromatic heterocycles. The molecular formula is C18H18ClN7OS. The fourth-order valence-corrected chi connectivity index (χ4v) is 2.96. The predicted octanol–water partition coefficient (Wildman–Crippen LogP) is 2.50. The molecular weight excluding hydrogens is 398 g/mol. The van der Waals surface area contributed by atoms with Gasteiger partial charge >= 0.3 is 0 Å². The van der Waals surface area contributed by atoms with Crippen molar-refractivity contribution < 1.29 is 4.79 Å². The number of hydrogen-bond donors (Lipinski definition) is 3. The topological polar surface area (TPSA) is 110 Å². The monoisotopic (exact) mass is 415 g/mol. The third-order valence-electron chi connectivity index (χ3n) is 3.58. The molecule has 3 aromatic rings. The van der Waals surface area contributed by atoms with Crippen LogP contribution < -0.4 is 16.6 Å². The van der Waals surface area contributed by atoms with Gasteiger partial charge in [0.05, 0.1) is 12.0 Å². The van der Waals surface area contributed by atoms with Gasteiger partial charge in [-0.25, -0.2) is 10.1 Å². The second kappa shape index (κ2) is 9.77. The highest BCUT2D eigenvalue weighted by Crippen LogP contribution is 2.16. The van der Waals surface area contributed by atoms with Gasteiger partial charge in [-0.3, -0.25) is 4.79 Å². The Bertz CT molecular complexity index is 944. The first-order valence-electron chi connectivity index (χ1n) is 8.30. The first-order valence-corrected chi connectivity index (χ1v) is 9.67. The van der Waals surface area contributed by atoms with Gasteiger partial charge < -0.3 is 11.2 Å². The summed E-state index contributed by atoms with van der Waals surface area (Å²) in [6.45, 7) is 0.474. The number of nitrogens with two attached hydrogens (primary N) is 1. The van der Waals surface area contributed by atoms with Crippen LogP contribution in [0.15, 0.2) is 64.9 Å². The summed E-state index contributed by atoms with van der Waals surface area (Å²) in [5.74, 6) is 6.26. The van der Waals surface area contributed by atoms with Crippen LogP contribution in [0.3, 0.4) is 0 Å². The SMILES string of the molecule is Nn1c(N/N=C/c2ccc(Cl)cc2)nnc1SCC(=O)NCc1ccccc1. The van der Waals surface area contributed by atoms with Crippen molar-refractivity contribution >= 4 is 41.4 Å². The van der Waals surface area contributed by atoms with Crippen LogP contribution in [0.2, 0.25) is 5.02 Å². The molecule has 10 heteroatoms. The molecule has 8 nitrogen and oxygen atoms in total. The Hall–Kier alpha value is -3.04. The Kier molecular flexibility index (Phi) is 6.88. The van der Waals surface area contributed by atoms with E-state index in [2.05, 4.69) is 26.0 Å². The standard InChI is InChI=1S/C18H18ClN7OS/c19-15-8-6-14(7-9-15)11-22-23-17-24-25-18(26(17)20)28-12-16(27)21-10-13-4-2-1-3-5-13/h1-9,11H,10,12,20H2,(H,21,27)(H,23,24)/b22-11+. The van der Waals surface area contributed by atoms with E-state index < -0.39 is 0 Å². The highest BCUT2D eigenvalue weighted by atomic mass is 35.5. The number of benzene rings is 2. The highest BCUT2D eigenvalue weighted by Gasteiger charge is 2.11. The highest BCUT2D eigenvalue weighted by molar-refractivity contribution is 7.99. The van der Waals surface area contributed by atoms with Gasteiger partial charge in [0, 0.05) is 11.6 Å². The molecule has 28 heavy (non-hydrogen) atoms. The predicted molar refractivity (Wildman–Crippen MR) is 112 cm³/mol. The van der Waals surface area contributed by atoms with E-state index in [0.29, 0.717) is 16.7 Å². The van der Waals surface area contributed by atoms with Gasteiger partial charge in [-0.2, -0.15) is 5.10 Å². The number of aromatic nitrogens is 3. The molecule has 1 amide bonds. The minimum absolute atomic E-state index is 0.118. The number of carbonyl (C=O) groups excluding carboxylic acids is 1. The van der Waals surface area contributed by atoms with E-state index in [9.17, 15) is 4.79 Å². The lowest BCUT2D eigenvalue weighted by molar-refractivity contribution is -0.118. The molecule has 0 atom stereocenters. The van der Waals surface area contributed by atoms with Crippen LogP contribution >= 0.6 is 23.4 Å². The van der Waals surface area contributed by atoms with Gasteiger partial charge in [-0.05, 0) is 23.3 Å². The second-order valence-electron chi connectivity index (χ2n) is 5.65. The summed E-state index contributed by atoms with van der Waals surface area (Å²) in [5, 5.41) is 15.8. The number of nitrogen functional groups attached to an aromatic ring is 1. The average Bonchev–Trinajstić information content (AvgIpc) is 3.07. The van der Waals surface area contributed by atoms with Crippen molar-refractivity contribution in [2.45, 2.75) is 11.7 Å². The molecule has 0 aliphatic rings. The van der Waals surface area contributed by atoms with Crippen molar-refractivity contribution in [3.63, 3.8) is 0 Å². The van der Waals surface area contributed by atoms with Crippen molar-refractivity contribution in [1.82, 2.24) is 20.2 Å². The smallest absolute Gasteiger partial charge is 0.264 e. The molecule has 0 bridgehead atoms. The number of hydrogen-bond acceptors (Lipinski definition) is 7. The van der Waals surface area contributed by atoms with Gasteiger partial charge in [0.15, 0.2) is 0 Å². The second-order valence-corrected chi connectivity index (χ2v) is 7.03. The summed E-state index contributed by atoms with van der Waals surface area (Å²) in [6.07, 6.45) is 1.61. The molecule has 0 radical (unpaired) electrons. The number of halogens is 1. The fourth-order valence-electron chi connectivity index (χ4n) is 2.14. The van der Waals surface area contributed by atoms with Crippen molar-refractivity contribution in [1.29, 1.82) is 0 Å². The molecule has 4 N–H and O–H groups in total. The van der Waals surface area contributed by atoms with Crippen LogP contribution in [0.1, 0.15) is 11.1 Å². The number of nitrogens with zero attached hydrogens (tertiary/aromatic N) is 4. The van der Waals surface area contributed by atoms with E-state index in [-0.39, 0.29) is 17.6 Å². The molecule has 0 aliphatic carbocycles. The Morgan fingerprint density at radius 2 is 1.93 bits per heavy atom. The number of rotatable bonds is 8. The summed E-state index contributed by atoms with van der Waals surface area (Å²) >= 11 is 7.03. The third-order valence-corrected chi connectivity index (χ3v) is 4.77. The van der Waals surface area contributed by atoms with E-state index in [4.69, 9.17) is 17.4 Å². The van der Waals surface area contributed by atoms with Crippen LogP contribution in [-0.4, -0.2) is 32.7 Å². The molecule has 0 unspecified atom stereocenters. The Balaban J connectivity index is 1.47. The first kappa shape index (κ1) is 19.7. The lowest BCUT2D eigenvalue weighted by Gasteiger charge is -2.05. The van der Waals surface area contributed by atoms with Crippen molar-refractivity contribution in [3.8, 4) is 0 Å². The number of carbonyl (C=O) groups is 1. The average molecular weight is 416 g/mol. The minimum Gasteiger partial charge on any atom is -0.351 e. The Morgan fingerprint density at radius 3 is 2.68 bits per heavy atom. The summed E-state index contributed by atoms with van der Waals surface area (Å²) < 4.78 is 1.24. The van der Waals surface area contributed by atoms with Gasteiger partial charge in [-0.1, -0.05) is 65.8 Å². The zero-order chi connectivity index (χ0) is 19.8. The number of hydrazone groups is 1. The lowest BCUT2D eigenvalue weighted by Crippen LogP contribution is -2.25. The largest absolute Gasteiger partial charge is 0.351 e. The molecule has 0 fully saturated rings. The molecule has 1 heterocycles. The Morgan fingerprint density at radius 1 is 1.18 bits per heavy atom. The van der Waals surface area contributed by atoms with E-state index in [1.54, 1.807) is 18.3 Å². The Labute approximate surface area is 171 Å². The molecule has 0 saturated heterocycles. The van der Waals surface area contributed by atoms with Crippen molar-refractivity contribution in [2.75, 3.05) is 17.0 Å². The molecule has 144 valence electrons. The van der Waals surface area contributed by atoms with E-state index in [1.807, 2.05) is 42.5 Å². The summed E-state index contributed by atoms with van der Waals surface area (Å²) in [7, 11) is 0.